The third-order valence-corrected chi connectivity index (χ3v) is 4.53. The van der Waals surface area contributed by atoms with E-state index in [9.17, 15) is 14.4 Å². The third-order valence-electron chi connectivity index (χ3n) is 4.53. The zero-order chi connectivity index (χ0) is 15.7. The van der Waals surface area contributed by atoms with Crippen molar-refractivity contribution >= 4 is 17.3 Å². The van der Waals surface area contributed by atoms with Crippen LogP contribution in [0.3, 0.4) is 0 Å². The van der Waals surface area contributed by atoms with E-state index in [1.54, 1.807) is 6.92 Å². The highest BCUT2D eigenvalue weighted by Gasteiger charge is 2.39. The van der Waals surface area contributed by atoms with Crippen molar-refractivity contribution in [1.29, 1.82) is 0 Å². The maximum Gasteiger partial charge on any atom is 0.151 e. The molecule has 112 valence electrons. The summed E-state index contributed by atoms with van der Waals surface area (Å²) in [4.78, 5) is 36.2. The minimum absolute atomic E-state index is 0.0785. The molecular weight excluding hydrogens is 264 g/mol. The van der Waals surface area contributed by atoms with Gasteiger partial charge in [0.25, 0.3) is 0 Å². The minimum Gasteiger partial charge on any atom is -0.298 e. The molecule has 0 bridgehead atoms. The first-order valence-electron chi connectivity index (χ1n) is 7.51. The van der Waals surface area contributed by atoms with Crippen molar-refractivity contribution in [1.82, 2.24) is 0 Å². The van der Waals surface area contributed by atoms with Crippen LogP contribution in [0.5, 0.6) is 0 Å². The molecule has 1 fully saturated rings. The first-order chi connectivity index (χ1) is 9.85. The number of hydrogen-bond donors (Lipinski definition) is 0. The Morgan fingerprint density at radius 1 is 1.00 bits per heavy atom. The van der Waals surface area contributed by atoms with Crippen molar-refractivity contribution in [2.24, 2.45) is 5.92 Å². The van der Waals surface area contributed by atoms with Crippen LogP contribution in [0.2, 0.25) is 0 Å². The standard InChI is InChI=1S/C18H22O3/c1-5-15(19)18-16(20)8-13(9-17(18)21)14-7-11(3)10(2)6-12(14)4/h6-7,13,18H,5,8-9H2,1-4H3. The van der Waals surface area contributed by atoms with E-state index in [4.69, 9.17) is 0 Å². The zero-order valence-electron chi connectivity index (χ0n) is 13.2. The lowest BCUT2D eigenvalue weighted by molar-refractivity contribution is -0.142. The molecule has 0 amide bonds. The van der Waals surface area contributed by atoms with Crippen LogP contribution in [0.15, 0.2) is 12.1 Å². The smallest absolute Gasteiger partial charge is 0.151 e. The monoisotopic (exact) mass is 286 g/mol. The molecule has 21 heavy (non-hydrogen) atoms. The van der Waals surface area contributed by atoms with Crippen molar-refractivity contribution in [3.05, 3.63) is 34.4 Å². The number of carbonyl (C=O) groups excluding carboxylic acids is 3. The van der Waals surface area contributed by atoms with E-state index in [0.717, 1.165) is 11.1 Å². The SMILES string of the molecule is CCC(=O)C1C(=O)CC(c2cc(C)c(C)cc2C)CC1=O. The van der Waals surface area contributed by atoms with Gasteiger partial charge in [-0.1, -0.05) is 19.1 Å². The summed E-state index contributed by atoms with van der Waals surface area (Å²) >= 11 is 0. The van der Waals surface area contributed by atoms with Crippen molar-refractivity contribution in [3.8, 4) is 0 Å². The molecule has 0 aliphatic heterocycles. The van der Waals surface area contributed by atoms with Gasteiger partial charge in [0.05, 0.1) is 0 Å². The number of hydrogen-bond acceptors (Lipinski definition) is 3. The minimum atomic E-state index is -1.00. The molecule has 1 aromatic carbocycles. The molecule has 0 unspecified atom stereocenters. The first kappa shape index (κ1) is 15.6. The normalized spacial score (nSPS) is 22.5. The van der Waals surface area contributed by atoms with Gasteiger partial charge in [0, 0.05) is 19.3 Å². The van der Waals surface area contributed by atoms with Crippen molar-refractivity contribution in [2.45, 2.75) is 52.9 Å². The summed E-state index contributed by atoms with van der Waals surface area (Å²) in [6.45, 7) is 7.80. The van der Waals surface area contributed by atoms with Crippen LogP contribution in [0.4, 0.5) is 0 Å². The molecule has 0 radical (unpaired) electrons. The summed E-state index contributed by atoms with van der Waals surface area (Å²) in [7, 11) is 0. The van der Waals surface area contributed by atoms with Crippen LogP contribution in [0.25, 0.3) is 0 Å². The largest absolute Gasteiger partial charge is 0.298 e. The quantitative estimate of drug-likeness (QED) is 0.802. The lowest BCUT2D eigenvalue weighted by Gasteiger charge is -2.27. The predicted molar refractivity (Wildman–Crippen MR) is 81.4 cm³/mol. The van der Waals surface area contributed by atoms with Crippen molar-refractivity contribution < 1.29 is 14.4 Å². The van der Waals surface area contributed by atoms with Gasteiger partial charge in [0.15, 0.2) is 17.3 Å². The van der Waals surface area contributed by atoms with E-state index >= 15 is 0 Å². The average molecular weight is 286 g/mol. The second-order valence-corrected chi connectivity index (χ2v) is 6.08. The van der Waals surface area contributed by atoms with Gasteiger partial charge in [-0.2, -0.15) is 0 Å². The number of ketones is 3. The second-order valence-electron chi connectivity index (χ2n) is 6.08. The van der Waals surface area contributed by atoms with Gasteiger partial charge in [-0.05, 0) is 48.9 Å². The summed E-state index contributed by atoms with van der Waals surface area (Å²) in [6, 6.07) is 4.18. The highest BCUT2D eigenvalue weighted by Crippen LogP contribution is 2.35. The Balaban J connectivity index is 2.30. The Kier molecular flexibility index (Phi) is 4.40. The summed E-state index contributed by atoms with van der Waals surface area (Å²) in [5.41, 5.74) is 4.57. The Hall–Kier alpha value is -1.77. The van der Waals surface area contributed by atoms with Crippen LogP contribution >= 0.6 is 0 Å². The predicted octanol–water partition coefficient (Wildman–Crippen LogP) is 3.22. The number of benzene rings is 1. The Bertz CT molecular complexity index is 595. The van der Waals surface area contributed by atoms with Gasteiger partial charge in [-0.15, -0.1) is 0 Å². The van der Waals surface area contributed by atoms with E-state index in [2.05, 4.69) is 19.1 Å². The molecule has 1 aromatic rings. The van der Waals surface area contributed by atoms with Gasteiger partial charge >= 0.3 is 0 Å². The first-order valence-corrected chi connectivity index (χ1v) is 7.51. The molecular formula is C18H22O3. The molecule has 0 aromatic heterocycles. The fourth-order valence-electron chi connectivity index (χ4n) is 3.18. The molecule has 3 heteroatoms. The van der Waals surface area contributed by atoms with Gasteiger partial charge in [0.2, 0.25) is 0 Å². The third kappa shape index (κ3) is 2.97. The molecule has 0 atom stereocenters. The van der Waals surface area contributed by atoms with E-state index in [1.165, 1.54) is 11.1 Å². The maximum atomic E-state index is 12.2. The molecule has 1 saturated carbocycles. The molecule has 0 saturated heterocycles. The van der Waals surface area contributed by atoms with E-state index in [1.807, 2.05) is 13.8 Å². The summed E-state index contributed by atoms with van der Waals surface area (Å²) in [5.74, 6) is -1.73. The van der Waals surface area contributed by atoms with Gasteiger partial charge in [-0.3, -0.25) is 14.4 Å². The van der Waals surface area contributed by atoms with Gasteiger partial charge < -0.3 is 0 Å². The summed E-state index contributed by atoms with van der Waals surface area (Å²) in [6.07, 6.45) is 0.840. The average Bonchev–Trinajstić information content (AvgIpc) is 2.41. The van der Waals surface area contributed by atoms with E-state index in [0.29, 0.717) is 12.8 Å². The van der Waals surface area contributed by atoms with Crippen LogP contribution in [0.1, 0.15) is 54.4 Å². The van der Waals surface area contributed by atoms with Gasteiger partial charge in [-0.25, -0.2) is 0 Å². The molecule has 0 spiro atoms. The Morgan fingerprint density at radius 3 is 2.05 bits per heavy atom. The maximum absolute atomic E-state index is 12.2. The summed E-state index contributed by atoms with van der Waals surface area (Å²) < 4.78 is 0. The number of aryl methyl sites for hydroxylation is 3. The number of Topliss-reactive ketones (excluding diaryl/α,β-unsaturated/α-hetero) is 3. The fourth-order valence-corrected chi connectivity index (χ4v) is 3.18. The lowest BCUT2D eigenvalue weighted by atomic mass is 9.74. The highest BCUT2D eigenvalue weighted by molar-refractivity contribution is 6.20. The van der Waals surface area contributed by atoms with Gasteiger partial charge in [0.1, 0.15) is 5.92 Å². The fraction of sp³-hybridized carbons (Fsp3) is 0.500. The van der Waals surface area contributed by atoms with Crippen LogP contribution in [-0.2, 0) is 14.4 Å². The van der Waals surface area contributed by atoms with E-state index in [-0.39, 0.29) is 29.7 Å². The molecule has 1 aliphatic rings. The number of carbonyl (C=O) groups is 3. The Morgan fingerprint density at radius 2 is 1.52 bits per heavy atom. The van der Waals surface area contributed by atoms with E-state index < -0.39 is 5.92 Å². The highest BCUT2D eigenvalue weighted by atomic mass is 16.2. The topological polar surface area (TPSA) is 51.2 Å². The second kappa shape index (κ2) is 5.92. The Labute approximate surface area is 125 Å². The lowest BCUT2D eigenvalue weighted by Crippen LogP contribution is -2.37. The van der Waals surface area contributed by atoms with Crippen LogP contribution < -0.4 is 0 Å². The molecule has 2 rings (SSSR count). The van der Waals surface area contributed by atoms with Crippen LogP contribution in [0, 0.1) is 26.7 Å². The van der Waals surface area contributed by atoms with Crippen molar-refractivity contribution in [3.63, 3.8) is 0 Å². The molecule has 3 nitrogen and oxygen atoms in total. The summed E-state index contributed by atoms with van der Waals surface area (Å²) in [5, 5.41) is 0. The molecule has 0 heterocycles. The molecule has 1 aliphatic carbocycles. The molecule has 0 N–H and O–H groups in total. The van der Waals surface area contributed by atoms with Crippen molar-refractivity contribution in [2.75, 3.05) is 0 Å². The zero-order valence-corrected chi connectivity index (χ0v) is 13.2. The van der Waals surface area contributed by atoms with Crippen LogP contribution in [-0.4, -0.2) is 17.3 Å². The number of rotatable bonds is 3.